The molecule has 0 radical (unpaired) electrons. The van der Waals surface area contributed by atoms with Crippen molar-refractivity contribution in [1.29, 1.82) is 0 Å². The Kier molecular flexibility index (Phi) is 22.5. The normalized spacial score (nSPS) is 24.9. The number of carbonyl (C=O) groups excluding carboxylic acids is 1. The van der Waals surface area contributed by atoms with E-state index in [2.05, 4.69) is 67.8 Å². The van der Waals surface area contributed by atoms with Crippen LogP contribution < -0.4 is 5.32 Å². The number of rotatable bonds is 22. The maximum atomic E-state index is 12.7. The van der Waals surface area contributed by atoms with Crippen molar-refractivity contribution in [3.05, 3.63) is 72.9 Å². The van der Waals surface area contributed by atoms with Crippen LogP contribution >= 0.6 is 0 Å². The number of aliphatic hydroxyl groups excluding tert-OH is 5. The minimum absolute atomic E-state index is 0.212. The Balaban J connectivity index is 2.61. The molecule has 0 aromatic heterocycles. The first kappa shape index (κ1) is 38.7. The lowest BCUT2D eigenvalue weighted by Gasteiger charge is -2.40. The average Bonchev–Trinajstić information content (AvgIpc) is 3.00. The van der Waals surface area contributed by atoms with Crippen LogP contribution in [-0.4, -0.2) is 87.5 Å². The molecular formula is C34H55NO8. The van der Waals surface area contributed by atoms with Crippen molar-refractivity contribution in [3.8, 4) is 0 Å². The second kappa shape index (κ2) is 25.0. The summed E-state index contributed by atoms with van der Waals surface area (Å²) >= 11 is 0. The van der Waals surface area contributed by atoms with Crippen molar-refractivity contribution in [2.45, 2.75) is 121 Å². The second-order valence-corrected chi connectivity index (χ2v) is 10.5. The molecule has 43 heavy (non-hydrogen) atoms. The SMILES string of the molecule is CC/C=C\C/C=C\C/C=C\C/C=C\CCC(=O)NC(COC1OC(CO)C(O)C(O)C1O)C(O)/C=C/CC/C=C/CCC. The van der Waals surface area contributed by atoms with Gasteiger partial charge < -0.3 is 40.3 Å². The van der Waals surface area contributed by atoms with Crippen LogP contribution in [0.2, 0.25) is 0 Å². The van der Waals surface area contributed by atoms with E-state index in [0.717, 1.165) is 51.4 Å². The van der Waals surface area contributed by atoms with E-state index in [0.29, 0.717) is 6.42 Å². The van der Waals surface area contributed by atoms with Crippen LogP contribution in [0.1, 0.15) is 78.1 Å². The van der Waals surface area contributed by atoms with Gasteiger partial charge in [0, 0.05) is 6.42 Å². The average molecular weight is 606 g/mol. The van der Waals surface area contributed by atoms with E-state index in [1.54, 1.807) is 6.08 Å². The first-order valence-electron chi connectivity index (χ1n) is 15.7. The van der Waals surface area contributed by atoms with Crippen LogP contribution in [0.3, 0.4) is 0 Å². The summed E-state index contributed by atoms with van der Waals surface area (Å²) in [4.78, 5) is 12.7. The Labute approximate surface area is 258 Å². The summed E-state index contributed by atoms with van der Waals surface area (Å²) in [6, 6.07) is -0.857. The number of hydrogen-bond acceptors (Lipinski definition) is 8. The van der Waals surface area contributed by atoms with Crippen molar-refractivity contribution in [3.63, 3.8) is 0 Å². The molecule has 0 bridgehead atoms. The summed E-state index contributed by atoms with van der Waals surface area (Å²) in [5.41, 5.74) is 0. The van der Waals surface area contributed by atoms with Gasteiger partial charge in [0.05, 0.1) is 25.4 Å². The molecule has 6 N–H and O–H groups in total. The molecule has 1 aliphatic rings. The molecule has 1 rings (SSSR count). The first-order chi connectivity index (χ1) is 20.8. The predicted octanol–water partition coefficient (Wildman–Crippen LogP) is 3.93. The number of aliphatic hydroxyl groups is 5. The van der Waals surface area contributed by atoms with Gasteiger partial charge in [0.2, 0.25) is 5.91 Å². The number of allylic oxidation sites excluding steroid dienone is 11. The third kappa shape index (κ3) is 17.5. The van der Waals surface area contributed by atoms with Crippen LogP contribution in [0.15, 0.2) is 72.9 Å². The molecule has 9 heteroatoms. The molecule has 1 aliphatic heterocycles. The Morgan fingerprint density at radius 3 is 2.00 bits per heavy atom. The molecule has 0 aliphatic carbocycles. The lowest BCUT2D eigenvalue weighted by molar-refractivity contribution is -0.302. The minimum Gasteiger partial charge on any atom is -0.394 e. The molecular weight excluding hydrogens is 550 g/mol. The lowest BCUT2D eigenvalue weighted by atomic mass is 9.99. The minimum atomic E-state index is -1.58. The number of hydrogen-bond donors (Lipinski definition) is 6. The van der Waals surface area contributed by atoms with Crippen molar-refractivity contribution >= 4 is 5.91 Å². The fourth-order valence-corrected chi connectivity index (χ4v) is 4.18. The highest BCUT2D eigenvalue weighted by Crippen LogP contribution is 2.22. The molecule has 1 heterocycles. The van der Waals surface area contributed by atoms with Gasteiger partial charge in [-0.3, -0.25) is 4.79 Å². The second-order valence-electron chi connectivity index (χ2n) is 10.5. The maximum Gasteiger partial charge on any atom is 0.220 e. The van der Waals surface area contributed by atoms with Crippen molar-refractivity contribution in [2.75, 3.05) is 13.2 Å². The van der Waals surface area contributed by atoms with Gasteiger partial charge >= 0.3 is 0 Å². The Hall–Kier alpha value is -2.37. The van der Waals surface area contributed by atoms with Gasteiger partial charge in [0.1, 0.15) is 24.4 Å². The van der Waals surface area contributed by atoms with Crippen LogP contribution in [0.25, 0.3) is 0 Å². The predicted molar refractivity (Wildman–Crippen MR) is 170 cm³/mol. The van der Waals surface area contributed by atoms with E-state index in [-0.39, 0.29) is 18.9 Å². The van der Waals surface area contributed by atoms with Gasteiger partial charge in [-0.15, -0.1) is 0 Å². The van der Waals surface area contributed by atoms with Crippen LogP contribution in [-0.2, 0) is 14.3 Å². The standard InChI is InChI=1S/C34H55NO8/c1-3-5-7-9-11-12-13-14-15-16-18-20-22-24-30(38)35-27(28(37)23-21-19-17-10-8-6-4-2)26-42-34-33(41)32(40)31(39)29(25-36)43-34/h5,7-8,10-12,14-15,18,20-21,23,27-29,31-34,36-37,39-41H,3-4,6,9,13,16-17,19,22,24-26H2,1-2H3,(H,35,38)/b7-5-,10-8+,12-11-,15-14-,20-18-,23-21+. The van der Waals surface area contributed by atoms with E-state index < -0.39 is 49.5 Å². The molecule has 0 spiro atoms. The van der Waals surface area contributed by atoms with Crippen molar-refractivity contribution < 1.29 is 39.8 Å². The summed E-state index contributed by atoms with van der Waals surface area (Å²) in [6.45, 7) is 3.41. The monoisotopic (exact) mass is 605 g/mol. The van der Waals surface area contributed by atoms with Gasteiger partial charge in [-0.05, 0) is 51.4 Å². The molecule has 9 nitrogen and oxygen atoms in total. The zero-order valence-corrected chi connectivity index (χ0v) is 25.9. The summed E-state index contributed by atoms with van der Waals surface area (Å²) in [5, 5.41) is 53.3. The summed E-state index contributed by atoms with van der Waals surface area (Å²) in [7, 11) is 0. The van der Waals surface area contributed by atoms with Crippen LogP contribution in [0, 0.1) is 0 Å². The number of unbranched alkanes of at least 4 members (excludes halogenated alkanes) is 2. The van der Waals surface area contributed by atoms with Crippen molar-refractivity contribution in [2.24, 2.45) is 0 Å². The van der Waals surface area contributed by atoms with E-state index in [1.165, 1.54) is 0 Å². The van der Waals surface area contributed by atoms with Crippen LogP contribution in [0.4, 0.5) is 0 Å². The topological polar surface area (TPSA) is 149 Å². The van der Waals surface area contributed by atoms with E-state index >= 15 is 0 Å². The number of carbonyl (C=O) groups is 1. The molecule has 0 aromatic carbocycles. The first-order valence-corrected chi connectivity index (χ1v) is 15.7. The third-order valence-corrected chi connectivity index (χ3v) is 6.76. The summed E-state index contributed by atoms with van der Waals surface area (Å²) in [5.74, 6) is -0.278. The number of amides is 1. The Bertz CT molecular complexity index is 895. The summed E-state index contributed by atoms with van der Waals surface area (Å²) in [6.07, 6.45) is 24.2. The molecule has 0 saturated carbocycles. The molecule has 0 aromatic rings. The Morgan fingerprint density at radius 1 is 0.791 bits per heavy atom. The molecule has 244 valence electrons. The zero-order chi connectivity index (χ0) is 31.7. The fourth-order valence-electron chi connectivity index (χ4n) is 4.18. The van der Waals surface area contributed by atoms with Gasteiger partial charge in [0.15, 0.2) is 6.29 Å². The Morgan fingerprint density at radius 2 is 1.37 bits per heavy atom. The van der Waals surface area contributed by atoms with Gasteiger partial charge in [-0.2, -0.15) is 0 Å². The highest BCUT2D eigenvalue weighted by molar-refractivity contribution is 5.76. The van der Waals surface area contributed by atoms with E-state index in [1.807, 2.05) is 18.2 Å². The third-order valence-electron chi connectivity index (χ3n) is 6.76. The van der Waals surface area contributed by atoms with E-state index in [4.69, 9.17) is 9.47 Å². The summed E-state index contributed by atoms with van der Waals surface area (Å²) < 4.78 is 11.0. The lowest BCUT2D eigenvalue weighted by Crippen LogP contribution is -2.60. The molecule has 1 amide bonds. The molecule has 7 unspecified atom stereocenters. The number of ether oxygens (including phenoxy) is 2. The fraction of sp³-hybridized carbons (Fsp3) is 0.618. The zero-order valence-electron chi connectivity index (χ0n) is 25.9. The van der Waals surface area contributed by atoms with Crippen LogP contribution in [0.5, 0.6) is 0 Å². The van der Waals surface area contributed by atoms with Gasteiger partial charge in [-0.25, -0.2) is 0 Å². The number of nitrogens with one attached hydrogen (secondary N) is 1. The van der Waals surface area contributed by atoms with Gasteiger partial charge in [-0.1, -0.05) is 93.2 Å². The quantitative estimate of drug-likeness (QED) is 0.0804. The largest absolute Gasteiger partial charge is 0.394 e. The van der Waals surface area contributed by atoms with Gasteiger partial charge in [0.25, 0.3) is 0 Å². The smallest absolute Gasteiger partial charge is 0.220 e. The maximum absolute atomic E-state index is 12.7. The van der Waals surface area contributed by atoms with E-state index in [9.17, 15) is 30.3 Å². The highest BCUT2D eigenvalue weighted by atomic mass is 16.7. The van der Waals surface area contributed by atoms with Crippen molar-refractivity contribution in [1.82, 2.24) is 5.32 Å². The molecule has 1 fully saturated rings. The highest BCUT2D eigenvalue weighted by Gasteiger charge is 2.44. The molecule has 7 atom stereocenters. The molecule has 1 saturated heterocycles.